The second-order valence-electron chi connectivity index (χ2n) is 6.55. The Balaban J connectivity index is 1.80. The fourth-order valence-corrected chi connectivity index (χ4v) is 3.77. The summed E-state index contributed by atoms with van der Waals surface area (Å²) in [4.78, 5) is 19.2. The molecule has 1 aliphatic heterocycles. The van der Waals surface area contributed by atoms with Crippen molar-refractivity contribution in [1.29, 1.82) is 0 Å². The molecule has 0 bridgehead atoms. The predicted octanol–water partition coefficient (Wildman–Crippen LogP) is 3.21. The molecule has 0 aromatic carbocycles. The monoisotopic (exact) mass is 326 g/mol. The van der Waals surface area contributed by atoms with Crippen LogP contribution >= 0.6 is 0 Å². The number of piperidine rings is 1. The summed E-state index contributed by atoms with van der Waals surface area (Å²) in [7, 11) is 0. The summed E-state index contributed by atoms with van der Waals surface area (Å²) in [5.41, 5.74) is 4.53. The molecule has 1 atom stereocenters. The third kappa shape index (κ3) is 3.21. The van der Waals surface area contributed by atoms with Gasteiger partial charge in [0.25, 0.3) is 0 Å². The predicted molar refractivity (Wildman–Crippen MR) is 93.6 cm³/mol. The van der Waals surface area contributed by atoms with E-state index in [0.29, 0.717) is 6.54 Å². The van der Waals surface area contributed by atoms with E-state index >= 15 is 0 Å². The van der Waals surface area contributed by atoms with E-state index in [2.05, 4.69) is 30.0 Å². The van der Waals surface area contributed by atoms with Crippen molar-refractivity contribution in [2.75, 3.05) is 6.54 Å². The van der Waals surface area contributed by atoms with Gasteiger partial charge in [-0.3, -0.25) is 14.5 Å². The van der Waals surface area contributed by atoms with Crippen LogP contribution in [0.25, 0.3) is 0 Å². The van der Waals surface area contributed by atoms with E-state index in [9.17, 15) is 4.79 Å². The van der Waals surface area contributed by atoms with Crippen LogP contribution < -0.4 is 0 Å². The summed E-state index contributed by atoms with van der Waals surface area (Å²) in [6, 6.07) is 4.16. The van der Waals surface area contributed by atoms with Gasteiger partial charge in [0.15, 0.2) is 0 Å². The summed E-state index contributed by atoms with van der Waals surface area (Å²) in [5, 5.41) is 4.57. The van der Waals surface area contributed by atoms with Crippen LogP contribution in [0.5, 0.6) is 0 Å². The summed E-state index contributed by atoms with van der Waals surface area (Å²) in [5.74, 6) is 0.150. The molecular weight excluding hydrogens is 300 g/mol. The zero-order valence-corrected chi connectivity index (χ0v) is 14.8. The largest absolute Gasteiger partial charge is 0.334 e. The van der Waals surface area contributed by atoms with E-state index < -0.39 is 0 Å². The first-order chi connectivity index (χ1) is 11.6. The minimum Gasteiger partial charge on any atom is -0.334 e. The third-order valence-corrected chi connectivity index (χ3v) is 5.06. The van der Waals surface area contributed by atoms with Crippen molar-refractivity contribution < 1.29 is 4.79 Å². The number of aromatic nitrogens is 3. The molecule has 1 aliphatic rings. The Labute approximate surface area is 143 Å². The Kier molecular flexibility index (Phi) is 4.97. The molecule has 1 fully saturated rings. The van der Waals surface area contributed by atoms with E-state index in [-0.39, 0.29) is 11.9 Å². The molecule has 3 rings (SSSR count). The Bertz CT molecular complexity index is 708. The third-order valence-electron chi connectivity index (χ3n) is 5.06. The van der Waals surface area contributed by atoms with Gasteiger partial charge in [0.1, 0.15) is 6.54 Å². The van der Waals surface area contributed by atoms with E-state index in [1.165, 1.54) is 5.56 Å². The maximum atomic E-state index is 13.0. The van der Waals surface area contributed by atoms with Crippen LogP contribution in [0, 0.1) is 13.8 Å². The molecule has 0 saturated carbocycles. The molecule has 128 valence electrons. The fourth-order valence-electron chi connectivity index (χ4n) is 3.77. The van der Waals surface area contributed by atoms with Crippen LogP contribution in [0.2, 0.25) is 0 Å². The van der Waals surface area contributed by atoms with Crippen molar-refractivity contribution in [2.24, 2.45) is 0 Å². The van der Waals surface area contributed by atoms with Crippen molar-refractivity contribution in [3.63, 3.8) is 0 Å². The number of likely N-dealkylation sites (tertiary alicyclic amines) is 1. The lowest BCUT2D eigenvalue weighted by molar-refractivity contribution is -0.136. The Morgan fingerprint density at radius 2 is 2.17 bits per heavy atom. The summed E-state index contributed by atoms with van der Waals surface area (Å²) in [6.07, 6.45) is 7.85. The Morgan fingerprint density at radius 3 is 2.83 bits per heavy atom. The van der Waals surface area contributed by atoms with Gasteiger partial charge < -0.3 is 4.90 Å². The summed E-state index contributed by atoms with van der Waals surface area (Å²) >= 11 is 0. The van der Waals surface area contributed by atoms with Crippen LogP contribution in [0.4, 0.5) is 0 Å². The van der Waals surface area contributed by atoms with Gasteiger partial charge in [-0.05, 0) is 56.7 Å². The van der Waals surface area contributed by atoms with Crippen LogP contribution in [-0.4, -0.2) is 32.1 Å². The zero-order valence-electron chi connectivity index (χ0n) is 14.8. The Morgan fingerprint density at radius 1 is 1.33 bits per heavy atom. The number of pyridine rings is 1. The lowest BCUT2D eigenvalue weighted by atomic mass is 9.96. The molecule has 0 radical (unpaired) electrons. The zero-order chi connectivity index (χ0) is 17.1. The van der Waals surface area contributed by atoms with Gasteiger partial charge in [0.2, 0.25) is 5.91 Å². The standard InChI is InChI=1S/C19H26N4O/c1-4-17-14(2)21-23(15(17)3)13-19(24)22-11-6-5-9-18(22)16-8-7-10-20-12-16/h7-8,10,12,18H,4-6,9,11,13H2,1-3H3/t18-/m1/s1. The number of hydrogen-bond donors (Lipinski definition) is 0. The fraction of sp³-hybridized carbons (Fsp3) is 0.526. The summed E-state index contributed by atoms with van der Waals surface area (Å²) in [6.45, 7) is 7.35. The molecule has 1 saturated heterocycles. The van der Waals surface area contributed by atoms with Crippen LogP contribution in [0.15, 0.2) is 24.5 Å². The normalized spacial score (nSPS) is 18.0. The van der Waals surface area contributed by atoms with Crippen LogP contribution in [-0.2, 0) is 17.8 Å². The molecule has 5 heteroatoms. The highest BCUT2D eigenvalue weighted by Crippen LogP contribution is 2.30. The van der Waals surface area contributed by atoms with Gasteiger partial charge in [0.05, 0.1) is 11.7 Å². The smallest absolute Gasteiger partial charge is 0.244 e. The average Bonchev–Trinajstić information content (AvgIpc) is 2.88. The van der Waals surface area contributed by atoms with Gasteiger partial charge in [-0.1, -0.05) is 13.0 Å². The van der Waals surface area contributed by atoms with Gasteiger partial charge in [-0.2, -0.15) is 5.10 Å². The molecule has 0 spiro atoms. The van der Waals surface area contributed by atoms with Crippen molar-refractivity contribution >= 4 is 5.91 Å². The van der Waals surface area contributed by atoms with Gasteiger partial charge in [-0.15, -0.1) is 0 Å². The van der Waals surface area contributed by atoms with Crippen molar-refractivity contribution in [2.45, 2.75) is 59.0 Å². The van der Waals surface area contributed by atoms with Gasteiger partial charge in [-0.25, -0.2) is 0 Å². The molecule has 0 N–H and O–H groups in total. The van der Waals surface area contributed by atoms with Crippen molar-refractivity contribution in [3.8, 4) is 0 Å². The number of carbonyl (C=O) groups excluding carboxylic acids is 1. The average molecular weight is 326 g/mol. The number of aryl methyl sites for hydroxylation is 1. The lowest BCUT2D eigenvalue weighted by Gasteiger charge is -2.36. The number of hydrogen-bond acceptors (Lipinski definition) is 3. The van der Waals surface area contributed by atoms with E-state index in [4.69, 9.17) is 0 Å². The second-order valence-corrected chi connectivity index (χ2v) is 6.55. The molecule has 2 aromatic heterocycles. The molecule has 24 heavy (non-hydrogen) atoms. The van der Waals surface area contributed by atoms with E-state index in [1.807, 2.05) is 28.8 Å². The van der Waals surface area contributed by atoms with Gasteiger partial charge >= 0.3 is 0 Å². The minimum absolute atomic E-state index is 0.141. The van der Waals surface area contributed by atoms with Crippen LogP contribution in [0.1, 0.15) is 54.7 Å². The first-order valence-corrected chi connectivity index (χ1v) is 8.84. The number of amides is 1. The lowest BCUT2D eigenvalue weighted by Crippen LogP contribution is -2.40. The number of rotatable bonds is 4. The molecule has 2 aromatic rings. The van der Waals surface area contributed by atoms with E-state index in [1.54, 1.807) is 6.20 Å². The maximum Gasteiger partial charge on any atom is 0.244 e. The summed E-state index contributed by atoms with van der Waals surface area (Å²) < 4.78 is 1.87. The van der Waals surface area contributed by atoms with Crippen molar-refractivity contribution in [1.82, 2.24) is 19.7 Å². The van der Waals surface area contributed by atoms with E-state index in [0.717, 1.165) is 49.2 Å². The SMILES string of the molecule is CCc1c(C)nn(CC(=O)N2CCCC[C@@H]2c2cccnc2)c1C. The number of carbonyl (C=O) groups is 1. The first-order valence-electron chi connectivity index (χ1n) is 8.84. The molecule has 3 heterocycles. The topological polar surface area (TPSA) is 51.0 Å². The minimum atomic E-state index is 0.141. The maximum absolute atomic E-state index is 13.0. The quantitative estimate of drug-likeness (QED) is 0.867. The molecule has 0 aliphatic carbocycles. The molecular formula is C19H26N4O. The highest BCUT2D eigenvalue weighted by molar-refractivity contribution is 5.76. The molecule has 5 nitrogen and oxygen atoms in total. The first kappa shape index (κ1) is 16.7. The van der Waals surface area contributed by atoms with Gasteiger partial charge in [0, 0.05) is 24.6 Å². The highest BCUT2D eigenvalue weighted by atomic mass is 16.2. The second kappa shape index (κ2) is 7.16. The number of nitrogens with zero attached hydrogens (tertiary/aromatic N) is 4. The highest BCUT2D eigenvalue weighted by Gasteiger charge is 2.28. The van der Waals surface area contributed by atoms with Crippen LogP contribution in [0.3, 0.4) is 0 Å². The molecule has 0 unspecified atom stereocenters. The van der Waals surface area contributed by atoms with Crippen molar-refractivity contribution in [3.05, 3.63) is 47.0 Å². The molecule has 1 amide bonds. The Hall–Kier alpha value is -2.17.